The molecule has 0 heterocycles. The molecular formula is C6H11NO2. The zero-order valence-corrected chi connectivity index (χ0v) is 5.42. The Morgan fingerprint density at radius 1 is 2.00 bits per heavy atom. The van der Waals surface area contributed by atoms with Gasteiger partial charge < -0.3 is 10.8 Å². The first-order valence-electron chi connectivity index (χ1n) is 2.64. The number of carboxylic acids is 1. The van der Waals surface area contributed by atoms with Crippen LogP contribution in [0.2, 0.25) is 0 Å². The van der Waals surface area contributed by atoms with Gasteiger partial charge in [-0.1, -0.05) is 6.08 Å². The number of nitrogens with two attached hydrogens (primary N) is 1. The molecule has 0 aromatic carbocycles. The van der Waals surface area contributed by atoms with E-state index in [4.69, 9.17) is 10.8 Å². The first-order chi connectivity index (χ1) is 4.00. The van der Waals surface area contributed by atoms with Gasteiger partial charge >= 0.3 is 5.97 Å². The van der Waals surface area contributed by atoms with Crippen LogP contribution in [0.15, 0.2) is 12.7 Å². The minimum absolute atomic E-state index is 0.294. The second-order valence-electron chi connectivity index (χ2n) is 2.22. The fraction of sp³-hybridized carbons (Fsp3) is 0.500. The van der Waals surface area contributed by atoms with Gasteiger partial charge in [-0.2, -0.15) is 0 Å². The maximum Gasteiger partial charge on any atom is 0.323 e. The van der Waals surface area contributed by atoms with Crippen molar-refractivity contribution in [2.24, 2.45) is 5.73 Å². The lowest BCUT2D eigenvalue weighted by molar-refractivity contribution is -0.142. The molecule has 0 aromatic heterocycles. The van der Waals surface area contributed by atoms with Gasteiger partial charge in [-0.05, 0) is 13.3 Å². The molecule has 0 aliphatic heterocycles. The Balaban J connectivity index is 4.00. The van der Waals surface area contributed by atoms with E-state index < -0.39 is 11.5 Å². The quantitative estimate of drug-likeness (QED) is 0.541. The van der Waals surface area contributed by atoms with E-state index in [9.17, 15) is 4.79 Å². The van der Waals surface area contributed by atoms with Crippen molar-refractivity contribution in [3.05, 3.63) is 12.7 Å². The summed E-state index contributed by atoms with van der Waals surface area (Å²) in [5.74, 6) is -0.998. The van der Waals surface area contributed by atoms with Crippen LogP contribution in [0.1, 0.15) is 13.3 Å². The third-order valence-electron chi connectivity index (χ3n) is 1.06. The molecule has 52 valence electrons. The maximum atomic E-state index is 10.2. The number of hydrogen-bond acceptors (Lipinski definition) is 2. The van der Waals surface area contributed by atoms with Crippen LogP contribution in [0, 0.1) is 0 Å². The van der Waals surface area contributed by atoms with Crippen molar-refractivity contribution in [1.29, 1.82) is 0 Å². The van der Waals surface area contributed by atoms with Crippen molar-refractivity contribution < 1.29 is 9.90 Å². The highest BCUT2D eigenvalue weighted by Gasteiger charge is 2.25. The van der Waals surface area contributed by atoms with Gasteiger partial charge in [-0.15, -0.1) is 6.58 Å². The number of rotatable bonds is 3. The van der Waals surface area contributed by atoms with Crippen LogP contribution in [-0.4, -0.2) is 16.6 Å². The molecule has 0 aliphatic carbocycles. The van der Waals surface area contributed by atoms with Gasteiger partial charge in [0.05, 0.1) is 0 Å². The van der Waals surface area contributed by atoms with Gasteiger partial charge in [0.15, 0.2) is 0 Å². The van der Waals surface area contributed by atoms with E-state index in [1.165, 1.54) is 13.0 Å². The highest BCUT2D eigenvalue weighted by molar-refractivity contribution is 5.78. The van der Waals surface area contributed by atoms with Crippen molar-refractivity contribution in [3.8, 4) is 0 Å². The van der Waals surface area contributed by atoms with Crippen LogP contribution < -0.4 is 5.73 Å². The fourth-order valence-corrected chi connectivity index (χ4v) is 0.387. The van der Waals surface area contributed by atoms with Crippen molar-refractivity contribution in [1.82, 2.24) is 0 Å². The Labute approximate surface area is 54.2 Å². The predicted octanol–water partition coefficient (Wildman–Crippen LogP) is 0.365. The SMILES string of the molecule is C=CCC(C)(N)C(=O)O. The Morgan fingerprint density at radius 2 is 2.44 bits per heavy atom. The summed E-state index contributed by atoms with van der Waals surface area (Å²) in [6, 6.07) is 0. The average molecular weight is 129 g/mol. The minimum atomic E-state index is -1.15. The Bertz CT molecular complexity index is 129. The first kappa shape index (κ1) is 8.17. The van der Waals surface area contributed by atoms with Gasteiger partial charge in [-0.25, -0.2) is 0 Å². The molecule has 0 saturated heterocycles. The zero-order valence-electron chi connectivity index (χ0n) is 5.42. The summed E-state index contributed by atoms with van der Waals surface area (Å²) in [5.41, 5.74) is 4.15. The number of aliphatic carboxylic acids is 1. The van der Waals surface area contributed by atoms with Crippen molar-refractivity contribution >= 4 is 5.97 Å². The third-order valence-corrected chi connectivity index (χ3v) is 1.06. The van der Waals surface area contributed by atoms with E-state index in [0.29, 0.717) is 6.42 Å². The van der Waals surface area contributed by atoms with Crippen LogP contribution in [0.25, 0.3) is 0 Å². The normalized spacial score (nSPS) is 16.2. The summed E-state index contributed by atoms with van der Waals surface area (Å²) in [5, 5.41) is 8.40. The molecule has 1 atom stereocenters. The summed E-state index contributed by atoms with van der Waals surface area (Å²) >= 11 is 0. The average Bonchev–Trinajstić information content (AvgIpc) is 1.65. The van der Waals surface area contributed by atoms with E-state index in [0.717, 1.165) is 0 Å². The van der Waals surface area contributed by atoms with E-state index in [-0.39, 0.29) is 0 Å². The maximum absolute atomic E-state index is 10.2. The van der Waals surface area contributed by atoms with Gasteiger partial charge in [0.1, 0.15) is 5.54 Å². The monoisotopic (exact) mass is 129 g/mol. The van der Waals surface area contributed by atoms with E-state index in [1.807, 2.05) is 0 Å². The lowest BCUT2D eigenvalue weighted by Crippen LogP contribution is -2.44. The van der Waals surface area contributed by atoms with Crippen LogP contribution in [-0.2, 0) is 4.79 Å². The minimum Gasteiger partial charge on any atom is -0.480 e. The lowest BCUT2D eigenvalue weighted by Gasteiger charge is -2.15. The molecule has 3 N–H and O–H groups in total. The molecule has 0 spiro atoms. The highest BCUT2D eigenvalue weighted by atomic mass is 16.4. The Morgan fingerprint density at radius 3 is 2.56 bits per heavy atom. The van der Waals surface area contributed by atoms with Crippen molar-refractivity contribution in [2.75, 3.05) is 0 Å². The standard InChI is InChI=1S/C6H11NO2/c1-3-4-6(2,7)5(8)9/h3H,1,4,7H2,2H3,(H,8,9). The molecule has 1 unspecified atom stereocenters. The smallest absolute Gasteiger partial charge is 0.323 e. The zero-order chi connectivity index (χ0) is 7.49. The molecule has 0 aromatic rings. The molecule has 0 bridgehead atoms. The molecule has 0 fully saturated rings. The van der Waals surface area contributed by atoms with Crippen LogP contribution in [0.5, 0.6) is 0 Å². The van der Waals surface area contributed by atoms with Gasteiger partial charge in [0, 0.05) is 0 Å². The van der Waals surface area contributed by atoms with Gasteiger partial charge in [0.2, 0.25) is 0 Å². The molecule has 0 amide bonds. The number of hydrogen-bond donors (Lipinski definition) is 2. The Kier molecular flexibility index (Phi) is 2.40. The molecule has 0 aliphatic rings. The fourth-order valence-electron chi connectivity index (χ4n) is 0.387. The Hall–Kier alpha value is -0.830. The van der Waals surface area contributed by atoms with Crippen LogP contribution in [0.3, 0.4) is 0 Å². The second-order valence-corrected chi connectivity index (χ2v) is 2.22. The highest BCUT2D eigenvalue weighted by Crippen LogP contribution is 2.04. The molecule has 9 heavy (non-hydrogen) atoms. The molecule has 0 saturated carbocycles. The molecular weight excluding hydrogens is 118 g/mol. The van der Waals surface area contributed by atoms with Crippen molar-refractivity contribution in [2.45, 2.75) is 18.9 Å². The third kappa shape index (κ3) is 2.28. The largest absolute Gasteiger partial charge is 0.480 e. The van der Waals surface area contributed by atoms with Gasteiger partial charge in [0.25, 0.3) is 0 Å². The van der Waals surface area contributed by atoms with Gasteiger partial charge in [-0.3, -0.25) is 4.79 Å². The number of carbonyl (C=O) groups is 1. The van der Waals surface area contributed by atoms with Crippen LogP contribution >= 0.6 is 0 Å². The topological polar surface area (TPSA) is 63.3 Å². The first-order valence-corrected chi connectivity index (χ1v) is 2.64. The van der Waals surface area contributed by atoms with Crippen LogP contribution in [0.4, 0.5) is 0 Å². The summed E-state index contributed by atoms with van der Waals surface area (Å²) < 4.78 is 0. The predicted molar refractivity (Wildman–Crippen MR) is 35.0 cm³/mol. The van der Waals surface area contributed by atoms with E-state index in [2.05, 4.69) is 6.58 Å². The summed E-state index contributed by atoms with van der Waals surface area (Å²) in [6.45, 7) is 4.84. The summed E-state index contributed by atoms with van der Waals surface area (Å²) in [4.78, 5) is 10.2. The summed E-state index contributed by atoms with van der Waals surface area (Å²) in [7, 11) is 0. The second kappa shape index (κ2) is 2.64. The molecule has 3 heteroatoms. The molecule has 0 radical (unpaired) electrons. The van der Waals surface area contributed by atoms with E-state index >= 15 is 0 Å². The summed E-state index contributed by atoms with van der Waals surface area (Å²) in [6.07, 6.45) is 1.79. The van der Waals surface area contributed by atoms with E-state index in [1.54, 1.807) is 0 Å². The molecule has 3 nitrogen and oxygen atoms in total. The number of carboxylic acid groups (broad SMARTS) is 1. The lowest BCUT2D eigenvalue weighted by atomic mass is 10.0. The van der Waals surface area contributed by atoms with Crippen molar-refractivity contribution in [3.63, 3.8) is 0 Å². The molecule has 0 rings (SSSR count).